The van der Waals surface area contributed by atoms with Crippen LogP contribution in [0.3, 0.4) is 0 Å². The summed E-state index contributed by atoms with van der Waals surface area (Å²) < 4.78 is 7.02. The van der Waals surface area contributed by atoms with Gasteiger partial charge in [0.1, 0.15) is 11.5 Å². The maximum atomic E-state index is 12.3. The maximum absolute atomic E-state index is 12.3. The first-order valence-corrected chi connectivity index (χ1v) is 8.67. The van der Waals surface area contributed by atoms with Crippen molar-refractivity contribution >= 4 is 5.91 Å². The largest absolute Gasteiger partial charge is 0.384 e. The maximum Gasteiger partial charge on any atom is 0.224 e. The van der Waals surface area contributed by atoms with Gasteiger partial charge >= 0.3 is 0 Å². The summed E-state index contributed by atoms with van der Waals surface area (Å²) in [7, 11) is 3.59. The summed E-state index contributed by atoms with van der Waals surface area (Å²) in [6.07, 6.45) is 7.86. The zero-order chi connectivity index (χ0) is 17.8. The number of carbonyl (C=O) groups excluding carboxylic acids is 1. The van der Waals surface area contributed by atoms with Crippen LogP contribution in [0.4, 0.5) is 0 Å². The Labute approximate surface area is 148 Å². The molecule has 7 heteroatoms. The zero-order valence-electron chi connectivity index (χ0n) is 15.1. The Hall–Kier alpha value is -2.28. The number of piperidine rings is 1. The van der Waals surface area contributed by atoms with Gasteiger partial charge in [-0.05, 0) is 19.8 Å². The van der Waals surface area contributed by atoms with Gasteiger partial charge in [-0.2, -0.15) is 0 Å². The summed E-state index contributed by atoms with van der Waals surface area (Å²) in [5, 5.41) is 0. The quantitative estimate of drug-likeness (QED) is 0.829. The number of rotatable bonds is 5. The first-order chi connectivity index (χ1) is 12.1. The number of hydrogen-bond acceptors (Lipinski definition) is 5. The Bertz CT molecular complexity index is 743. The fourth-order valence-electron chi connectivity index (χ4n) is 3.23. The van der Waals surface area contributed by atoms with Gasteiger partial charge in [-0.15, -0.1) is 0 Å². The first-order valence-electron chi connectivity index (χ1n) is 8.67. The van der Waals surface area contributed by atoms with Crippen molar-refractivity contribution in [1.82, 2.24) is 24.4 Å². The molecule has 0 spiro atoms. The molecule has 3 heterocycles. The number of hydrogen-bond donors (Lipinski definition) is 0. The van der Waals surface area contributed by atoms with E-state index in [1.165, 1.54) is 0 Å². The Morgan fingerprint density at radius 2 is 2.20 bits per heavy atom. The van der Waals surface area contributed by atoms with Gasteiger partial charge in [0.05, 0.1) is 36.8 Å². The van der Waals surface area contributed by atoms with E-state index in [-0.39, 0.29) is 11.8 Å². The average molecular weight is 343 g/mol. The van der Waals surface area contributed by atoms with E-state index < -0.39 is 0 Å². The molecule has 2 aromatic heterocycles. The van der Waals surface area contributed by atoms with Gasteiger partial charge in [-0.25, -0.2) is 9.97 Å². The highest BCUT2D eigenvalue weighted by molar-refractivity contribution is 5.76. The van der Waals surface area contributed by atoms with Gasteiger partial charge in [0, 0.05) is 39.4 Å². The van der Waals surface area contributed by atoms with E-state index in [0.717, 1.165) is 42.3 Å². The minimum atomic E-state index is 0.151. The van der Waals surface area contributed by atoms with Crippen LogP contribution in [0.15, 0.2) is 18.6 Å². The molecule has 7 nitrogen and oxygen atoms in total. The molecule has 1 aliphatic heterocycles. The van der Waals surface area contributed by atoms with Crippen LogP contribution in [0.5, 0.6) is 0 Å². The highest BCUT2D eigenvalue weighted by Gasteiger charge is 2.26. The SMILES string of the molecule is COCCC(=O)N1CCCC(c2cncc(-c3cnc(C)n3C)n2)C1. The molecule has 1 saturated heterocycles. The molecule has 1 unspecified atom stereocenters. The minimum Gasteiger partial charge on any atom is -0.384 e. The van der Waals surface area contributed by atoms with E-state index >= 15 is 0 Å². The summed E-state index contributed by atoms with van der Waals surface area (Å²) in [6.45, 7) is 3.94. The molecule has 25 heavy (non-hydrogen) atoms. The van der Waals surface area contributed by atoms with Crippen molar-refractivity contribution in [2.24, 2.45) is 7.05 Å². The number of imidazole rings is 1. The standard InChI is InChI=1S/C18H25N5O2/c1-13-20-11-17(22(13)2)16-10-19-9-15(21-16)14-5-4-7-23(12-14)18(24)6-8-25-3/h9-11,14H,4-8,12H2,1-3H3. The molecule has 2 aromatic rings. The smallest absolute Gasteiger partial charge is 0.224 e. The third-order valence-electron chi connectivity index (χ3n) is 4.85. The van der Waals surface area contributed by atoms with Crippen LogP contribution in [0.25, 0.3) is 11.4 Å². The van der Waals surface area contributed by atoms with Crippen LogP contribution in [0.2, 0.25) is 0 Å². The third-order valence-corrected chi connectivity index (χ3v) is 4.85. The van der Waals surface area contributed by atoms with E-state index in [2.05, 4.69) is 9.97 Å². The van der Waals surface area contributed by atoms with E-state index in [1.807, 2.05) is 35.8 Å². The number of amides is 1. The lowest BCUT2D eigenvalue weighted by Crippen LogP contribution is -2.39. The van der Waals surface area contributed by atoms with E-state index in [4.69, 9.17) is 9.72 Å². The topological polar surface area (TPSA) is 73.1 Å². The van der Waals surface area contributed by atoms with E-state index in [0.29, 0.717) is 19.6 Å². The summed E-state index contributed by atoms with van der Waals surface area (Å²) in [6, 6.07) is 0. The third kappa shape index (κ3) is 3.87. The molecule has 0 bridgehead atoms. The lowest BCUT2D eigenvalue weighted by atomic mass is 9.94. The van der Waals surface area contributed by atoms with Gasteiger partial charge in [-0.1, -0.05) is 0 Å². The van der Waals surface area contributed by atoms with Crippen molar-refractivity contribution in [3.63, 3.8) is 0 Å². The normalized spacial score (nSPS) is 17.7. The van der Waals surface area contributed by atoms with Crippen molar-refractivity contribution in [1.29, 1.82) is 0 Å². The predicted octanol–water partition coefficient (Wildman–Crippen LogP) is 1.93. The fraction of sp³-hybridized carbons (Fsp3) is 0.556. The number of carbonyl (C=O) groups is 1. The van der Waals surface area contributed by atoms with Crippen LogP contribution in [-0.4, -0.2) is 57.1 Å². The van der Waals surface area contributed by atoms with Gasteiger partial charge < -0.3 is 14.2 Å². The summed E-state index contributed by atoms with van der Waals surface area (Å²) in [4.78, 5) is 27.7. The van der Waals surface area contributed by atoms with Crippen LogP contribution in [0, 0.1) is 6.92 Å². The second-order valence-electron chi connectivity index (χ2n) is 6.50. The molecule has 1 amide bonds. The van der Waals surface area contributed by atoms with Crippen molar-refractivity contribution in [2.45, 2.75) is 32.1 Å². The first kappa shape index (κ1) is 17.5. The Morgan fingerprint density at radius 1 is 1.36 bits per heavy atom. The Morgan fingerprint density at radius 3 is 2.92 bits per heavy atom. The van der Waals surface area contributed by atoms with Gasteiger partial charge in [0.15, 0.2) is 0 Å². The van der Waals surface area contributed by atoms with Crippen molar-refractivity contribution in [3.05, 3.63) is 30.1 Å². The molecule has 0 N–H and O–H groups in total. The Balaban J connectivity index is 1.76. The summed E-state index contributed by atoms with van der Waals surface area (Å²) in [5.74, 6) is 1.31. The minimum absolute atomic E-state index is 0.151. The molecular weight excluding hydrogens is 318 g/mol. The summed E-state index contributed by atoms with van der Waals surface area (Å²) in [5.41, 5.74) is 2.72. The highest BCUT2D eigenvalue weighted by Crippen LogP contribution is 2.27. The molecule has 134 valence electrons. The van der Waals surface area contributed by atoms with Gasteiger partial charge in [-0.3, -0.25) is 9.78 Å². The lowest BCUT2D eigenvalue weighted by molar-refractivity contribution is -0.133. The molecule has 1 atom stereocenters. The predicted molar refractivity (Wildman–Crippen MR) is 94.0 cm³/mol. The average Bonchev–Trinajstić information content (AvgIpc) is 2.99. The number of nitrogens with zero attached hydrogens (tertiary/aromatic N) is 5. The molecule has 0 aromatic carbocycles. The van der Waals surface area contributed by atoms with Crippen LogP contribution in [0.1, 0.15) is 36.7 Å². The van der Waals surface area contributed by atoms with Crippen molar-refractivity contribution < 1.29 is 9.53 Å². The van der Waals surface area contributed by atoms with E-state index in [1.54, 1.807) is 13.3 Å². The molecule has 1 aliphatic rings. The number of methoxy groups -OCH3 is 1. The molecule has 0 radical (unpaired) electrons. The van der Waals surface area contributed by atoms with Crippen LogP contribution >= 0.6 is 0 Å². The van der Waals surface area contributed by atoms with Crippen LogP contribution in [-0.2, 0) is 16.6 Å². The van der Waals surface area contributed by atoms with E-state index in [9.17, 15) is 4.79 Å². The fourth-order valence-corrected chi connectivity index (χ4v) is 3.23. The molecular formula is C18H25N5O2. The second-order valence-corrected chi connectivity index (χ2v) is 6.50. The molecule has 1 fully saturated rings. The summed E-state index contributed by atoms with van der Waals surface area (Å²) >= 11 is 0. The van der Waals surface area contributed by atoms with Gasteiger partial charge in [0.2, 0.25) is 5.91 Å². The molecule has 0 saturated carbocycles. The molecule has 0 aliphatic carbocycles. The lowest BCUT2D eigenvalue weighted by Gasteiger charge is -2.32. The van der Waals surface area contributed by atoms with Crippen LogP contribution < -0.4 is 0 Å². The Kier molecular flexibility index (Phi) is 5.43. The highest BCUT2D eigenvalue weighted by atomic mass is 16.5. The van der Waals surface area contributed by atoms with Gasteiger partial charge in [0.25, 0.3) is 0 Å². The van der Waals surface area contributed by atoms with Crippen molar-refractivity contribution in [2.75, 3.05) is 26.8 Å². The number of ether oxygens (including phenoxy) is 1. The number of aryl methyl sites for hydroxylation is 1. The number of aromatic nitrogens is 4. The monoisotopic (exact) mass is 343 g/mol. The molecule has 3 rings (SSSR count). The number of likely N-dealkylation sites (tertiary alicyclic amines) is 1. The van der Waals surface area contributed by atoms with Crippen molar-refractivity contribution in [3.8, 4) is 11.4 Å². The zero-order valence-corrected chi connectivity index (χ0v) is 15.1. The second kappa shape index (κ2) is 7.74.